The summed E-state index contributed by atoms with van der Waals surface area (Å²) in [4.78, 5) is 11.8. The molecule has 0 atom stereocenters. The van der Waals surface area contributed by atoms with Crippen LogP contribution < -0.4 is 15.6 Å². The van der Waals surface area contributed by atoms with Crippen LogP contribution in [0.2, 0.25) is 0 Å². The molecule has 1 heterocycles. The van der Waals surface area contributed by atoms with Crippen LogP contribution in [0, 0.1) is 13.8 Å². The number of hydrogen-bond acceptors (Lipinski definition) is 6. The zero-order valence-electron chi connectivity index (χ0n) is 14.7. The smallest absolute Gasteiger partial charge is 0.425 e. The van der Waals surface area contributed by atoms with Crippen LogP contribution in [0.3, 0.4) is 0 Å². The fourth-order valence-corrected chi connectivity index (χ4v) is 3.12. The molecular weight excluding hydrogens is 350 g/mol. The van der Waals surface area contributed by atoms with Gasteiger partial charge in [0, 0.05) is 11.8 Å². The van der Waals surface area contributed by atoms with Gasteiger partial charge in [-0.05, 0) is 55.2 Å². The topological polar surface area (TPSA) is 72.5 Å². The Bertz CT molecular complexity index is 895. The van der Waals surface area contributed by atoms with Crippen molar-refractivity contribution in [2.75, 3.05) is 18.6 Å². The number of aryl methyl sites for hydroxylation is 2. The molecule has 7 heteroatoms. The summed E-state index contributed by atoms with van der Waals surface area (Å²) in [7, 11) is 0. The number of amides is 1. The molecular formula is C19H21N3O3S. The molecule has 136 valence electrons. The van der Waals surface area contributed by atoms with E-state index < -0.39 is 6.09 Å². The van der Waals surface area contributed by atoms with Gasteiger partial charge < -0.3 is 9.47 Å². The molecule has 3 aromatic rings. The monoisotopic (exact) mass is 371 g/mol. The number of hydrazine groups is 1. The Labute approximate surface area is 156 Å². The minimum atomic E-state index is -0.533. The van der Waals surface area contributed by atoms with E-state index in [-0.39, 0.29) is 6.61 Å². The maximum atomic E-state index is 11.8. The van der Waals surface area contributed by atoms with Gasteiger partial charge in [0.25, 0.3) is 0 Å². The van der Waals surface area contributed by atoms with Crippen LogP contribution in [-0.4, -0.2) is 23.7 Å². The zero-order valence-corrected chi connectivity index (χ0v) is 15.6. The lowest BCUT2D eigenvalue weighted by atomic mass is 10.2. The summed E-state index contributed by atoms with van der Waals surface area (Å²) in [5.74, 6) is 0.823. The number of carbonyl (C=O) groups is 1. The highest BCUT2D eigenvalue weighted by atomic mass is 32.1. The summed E-state index contributed by atoms with van der Waals surface area (Å²) in [5, 5.41) is 1.75. The first kappa shape index (κ1) is 18.0. The number of fused-ring (bicyclic) bond motifs is 1. The fraction of sp³-hybridized carbons (Fsp3) is 0.263. The van der Waals surface area contributed by atoms with Crippen LogP contribution in [0.1, 0.15) is 17.5 Å². The van der Waals surface area contributed by atoms with Crippen LogP contribution in [-0.2, 0) is 4.74 Å². The third kappa shape index (κ3) is 4.86. The Morgan fingerprint density at radius 3 is 2.81 bits per heavy atom. The van der Waals surface area contributed by atoms with E-state index in [2.05, 4.69) is 15.2 Å². The van der Waals surface area contributed by atoms with E-state index in [9.17, 15) is 4.79 Å². The molecule has 1 aromatic heterocycles. The van der Waals surface area contributed by atoms with Gasteiger partial charge in [-0.25, -0.2) is 10.2 Å². The first-order chi connectivity index (χ1) is 12.6. The van der Waals surface area contributed by atoms with Gasteiger partial charge in [0.15, 0.2) is 0 Å². The molecule has 2 N–H and O–H groups in total. The number of rotatable bonds is 7. The Morgan fingerprint density at radius 2 is 1.96 bits per heavy atom. The number of benzene rings is 2. The quantitative estimate of drug-likeness (QED) is 0.475. The third-order valence-electron chi connectivity index (χ3n) is 3.69. The van der Waals surface area contributed by atoms with Crippen LogP contribution >= 0.6 is 11.5 Å². The molecule has 0 spiro atoms. The van der Waals surface area contributed by atoms with Gasteiger partial charge in [-0.2, -0.15) is 4.37 Å². The molecule has 0 unspecified atom stereocenters. The van der Waals surface area contributed by atoms with Crippen molar-refractivity contribution in [1.29, 1.82) is 0 Å². The van der Waals surface area contributed by atoms with Gasteiger partial charge in [-0.3, -0.25) is 5.43 Å². The Kier molecular flexibility index (Phi) is 5.91. The Hall–Kier alpha value is -2.80. The summed E-state index contributed by atoms with van der Waals surface area (Å²) in [5.41, 5.74) is 8.58. The molecule has 6 nitrogen and oxygen atoms in total. The predicted molar refractivity (Wildman–Crippen MR) is 104 cm³/mol. The van der Waals surface area contributed by atoms with Crippen LogP contribution in [0.4, 0.5) is 9.80 Å². The highest BCUT2D eigenvalue weighted by Gasteiger charge is 2.08. The van der Waals surface area contributed by atoms with Crippen molar-refractivity contribution in [3.05, 3.63) is 53.6 Å². The van der Waals surface area contributed by atoms with Crippen molar-refractivity contribution in [1.82, 2.24) is 9.80 Å². The Morgan fingerprint density at radius 1 is 1.12 bits per heavy atom. The summed E-state index contributed by atoms with van der Waals surface area (Å²) < 4.78 is 15.1. The largest absolute Gasteiger partial charge is 0.493 e. The van der Waals surface area contributed by atoms with Crippen molar-refractivity contribution in [3.8, 4) is 5.75 Å². The lowest BCUT2D eigenvalue weighted by Gasteiger charge is -2.09. The number of hydrogen-bond donors (Lipinski definition) is 2. The highest BCUT2D eigenvalue weighted by molar-refractivity contribution is 7.11. The van der Waals surface area contributed by atoms with E-state index in [0.29, 0.717) is 13.0 Å². The summed E-state index contributed by atoms with van der Waals surface area (Å²) in [6.07, 6.45) is 0.0825. The van der Waals surface area contributed by atoms with E-state index >= 15 is 0 Å². The predicted octanol–water partition coefficient (Wildman–Crippen LogP) is 4.44. The molecule has 0 saturated heterocycles. The maximum Gasteiger partial charge on any atom is 0.425 e. The van der Waals surface area contributed by atoms with Gasteiger partial charge >= 0.3 is 6.09 Å². The number of ether oxygens (including phenoxy) is 2. The molecule has 0 bridgehead atoms. The lowest BCUT2D eigenvalue weighted by molar-refractivity contribution is 0.140. The molecule has 26 heavy (non-hydrogen) atoms. The van der Waals surface area contributed by atoms with Crippen molar-refractivity contribution < 1.29 is 14.3 Å². The number of nitrogens with zero attached hydrogens (tertiary/aromatic N) is 1. The first-order valence-corrected chi connectivity index (χ1v) is 9.13. The third-order valence-corrected chi connectivity index (χ3v) is 4.48. The minimum Gasteiger partial charge on any atom is -0.493 e. The van der Waals surface area contributed by atoms with Gasteiger partial charge in [0.1, 0.15) is 10.8 Å². The van der Waals surface area contributed by atoms with Gasteiger partial charge in [-0.1, -0.05) is 23.8 Å². The molecule has 0 aliphatic heterocycles. The molecule has 0 aliphatic carbocycles. The van der Waals surface area contributed by atoms with Crippen molar-refractivity contribution in [2.24, 2.45) is 0 Å². The Balaban J connectivity index is 1.37. The average Bonchev–Trinajstić information content (AvgIpc) is 3.02. The lowest BCUT2D eigenvalue weighted by Crippen LogP contribution is -2.30. The average molecular weight is 371 g/mol. The molecule has 3 rings (SSSR count). The van der Waals surface area contributed by atoms with Gasteiger partial charge in [0.2, 0.25) is 0 Å². The zero-order chi connectivity index (χ0) is 18.4. The number of anilines is 1. The standard InChI is InChI=1S/C19H21N3O3S/c1-13-5-3-6-15(11-13)24-9-4-10-25-19(23)21-20-18-16-12-14(2)7-8-17(16)22-26-18/h3,5-8,11-12,20H,4,9-10H2,1-2H3,(H,21,23). The van der Waals surface area contributed by atoms with Crippen LogP contribution in [0.15, 0.2) is 42.5 Å². The second-order valence-electron chi connectivity index (χ2n) is 5.94. The minimum absolute atomic E-state index is 0.280. The summed E-state index contributed by atoms with van der Waals surface area (Å²) >= 11 is 1.29. The number of carbonyl (C=O) groups excluding carboxylic acids is 1. The highest BCUT2D eigenvalue weighted by Crippen LogP contribution is 2.27. The normalized spacial score (nSPS) is 10.5. The maximum absolute atomic E-state index is 11.8. The van der Waals surface area contributed by atoms with Crippen LogP contribution in [0.5, 0.6) is 5.75 Å². The van der Waals surface area contributed by atoms with Crippen LogP contribution in [0.25, 0.3) is 10.9 Å². The summed E-state index contributed by atoms with van der Waals surface area (Å²) in [6, 6.07) is 13.8. The van der Waals surface area contributed by atoms with E-state index in [1.807, 2.05) is 56.3 Å². The molecule has 2 aromatic carbocycles. The summed E-state index contributed by atoms with van der Waals surface area (Å²) in [6.45, 7) is 4.80. The molecule has 0 fully saturated rings. The molecule has 0 aliphatic rings. The fourth-order valence-electron chi connectivity index (χ4n) is 2.41. The second kappa shape index (κ2) is 8.53. The second-order valence-corrected chi connectivity index (χ2v) is 6.71. The van der Waals surface area contributed by atoms with E-state index in [4.69, 9.17) is 9.47 Å². The molecule has 1 amide bonds. The first-order valence-electron chi connectivity index (χ1n) is 8.36. The van der Waals surface area contributed by atoms with Crippen molar-refractivity contribution in [3.63, 3.8) is 0 Å². The number of aromatic nitrogens is 1. The molecule has 0 saturated carbocycles. The van der Waals surface area contributed by atoms with E-state index in [0.717, 1.165) is 32.8 Å². The SMILES string of the molecule is Cc1cccc(OCCCOC(=O)NNc2snc3ccc(C)cc23)c1. The van der Waals surface area contributed by atoms with Crippen molar-refractivity contribution in [2.45, 2.75) is 20.3 Å². The van der Waals surface area contributed by atoms with Gasteiger partial charge in [0.05, 0.1) is 18.7 Å². The van der Waals surface area contributed by atoms with Crippen molar-refractivity contribution >= 4 is 33.5 Å². The van der Waals surface area contributed by atoms with E-state index in [1.54, 1.807) is 0 Å². The molecule has 0 radical (unpaired) electrons. The van der Waals surface area contributed by atoms with Gasteiger partial charge in [-0.15, -0.1) is 0 Å². The number of nitrogens with one attached hydrogen (secondary N) is 2. The van der Waals surface area contributed by atoms with E-state index in [1.165, 1.54) is 11.5 Å².